The highest BCUT2D eigenvalue weighted by molar-refractivity contribution is 6.34. The number of aromatic amines is 1. The second-order valence-corrected chi connectivity index (χ2v) is 6.39. The summed E-state index contributed by atoms with van der Waals surface area (Å²) in [4.78, 5) is 24.6. The molecule has 7 nitrogen and oxygen atoms in total. The first kappa shape index (κ1) is 20.4. The lowest BCUT2D eigenvalue weighted by atomic mass is 10.1. The maximum absolute atomic E-state index is 13.4. The zero-order chi connectivity index (χ0) is 21.0. The molecule has 0 aliphatic rings. The summed E-state index contributed by atoms with van der Waals surface area (Å²) < 4.78 is 26.5. The number of amides is 2. The van der Waals surface area contributed by atoms with Crippen LogP contribution in [-0.4, -0.2) is 33.7 Å². The second kappa shape index (κ2) is 8.80. The van der Waals surface area contributed by atoms with Crippen LogP contribution in [0, 0.1) is 11.6 Å². The van der Waals surface area contributed by atoms with Crippen molar-refractivity contribution in [2.24, 2.45) is 0 Å². The van der Waals surface area contributed by atoms with Crippen molar-refractivity contribution in [2.75, 3.05) is 11.9 Å². The third-order valence-electron chi connectivity index (χ3n) is 4.00. The first-order chi connectivity index (χ1) is 13.9. The molecule has 2 aromatic carbocycles. The Morgan fingerprint density at radius 3 is 2.48 bits per heavy atom. The summed E-state index contributed by atoms with van der Waals surface area (Å²) in [6.45, 7) is -0.321. The maximum Gasteiger partial charge on any atom is 0.272 e. The molecule has 0 radical (unpaired) electrons. The Labute approximate surface area is 168 Å². The van der Waals surface area contributed by atoms with E-state index < -0.39 is 29.5 Å². The van der Waals surface area contributed by atoms with Crippen LogP contribution >= 0.6 is 11.6 Å². The van der Waals surface area contributed by atoms with E-state index in [-0.39, 0.29) is 28.7 Å². The number of nitrogens with zero attached hydrogens (tertiary/aromatic N) is 1. The molecule has 0 saturated heterocycles. The third kappa shape index (κ3) is 4.76. The fourth-order valence-corrected chi connectivity index (χ4v) is 2.78. The SMILES string of the molecule is O=C(N[C@H](CO)c1ccccc1)c1cc(NC(=O)c2cc(F)c(F)cc2Cl)[nH]n1. The predicted molar refractivity (Wildman–Crippen MR) is 102 cm³/mol. The molecule has 1 aromatic heterocycles. The van der Waals surface area contributed by atoms with E-state index in [0.29, 0.717) is 17.7 Å². The van der Waals surface area contributed by atoms with Gasteiger partial charge in [0.1, 0.15) is 5.82 Å². The number of nitrogens with one attached hydrogen (secondary N) is 3. The number of rotatable bonds is 6. The van der Waals surface area contributed by atoms with Crippen molar-refractivity contribution in [1.82, 2.24) is 15.5 Å². The molecule has 0 fully saturated rings. The van der Waals surface area contributed by atoms with Gasteiger partial charge in [-0.25, -0.2) is 8.78 Å². The number of aliphatic hydroxyl groups is 1. The highest BCUT2D eigenvalue weighted by atomic mass is 35.5. The molecular weight excluding hydrogens is 406 g/mol. The first-order valence-electron chi connectivity index (χ1n) is 8.37. The van der Waals surface area contributed by atoms with Gasteiger partial charge in [0.2, 0.25) is 0 Å². The predicted octanol–water partition coefficient (Wildman–Crippen LogP) is 3.06. The summed E-state index contributed by atoms with van der Waals surface area (Å²) in [5.41, 5.74) is 0.377. The van der Waals surface area contributed by atoms with Crippen LogP contribution in [0.2, 0.25) is 5.02 Å². The van der Waals surface area contributed by atoms with Crippen molar-refractivity contribution >= 4 is 29.2 Å². The van der Waals surface area contributed by atoms with Crippen LogP contribution in [0.25, 0.3) is 0 Å². The molecule has 3 rings (SSSR count). The van der Waals surface area contributed by atoms with E-state index in [1.54, 1.807) is 24.3 Å². The van der Waals surface area contributed by atoms with Gasteiger partial charge in [0.25, 0.3) is 11.8 Å². The number of aromatic nitrogens is 2. The van der Waals surface area contributed by atoms with Gasteiger partial charge < -0.3 is 15.7 Å². The summed E-state index contributed by atoms with van der Waals surface area (Å²) in [5.74, 6) is -3.76. The minimum Gasteiger partial charge on any atom is -0.394 e. The van der Waals surface area contributed by atoms with E-state index in [0.717, 1.165) is 0 Å². The van der Waals surface area contributed by atoms with Crippen molar-refractivity contribution in [1.29, 1.82) is 0 Å². The molecule has 3 aromatic rings. The smallest absolute Gasteiger partial charge is 0.272 e. The van der Waals surface area contributed by atoms with Gasteiger partial charge in [0, 0.05) is 6.07 Å². The first-order valence-corrected chi connectivity index (χ1v) is 8.74. The van der Waals surface area contributed by atoms with Crippen molar-refractivity contribution in [3.63, 3.8) is 0 Å². The summed E-state index contributed by atoms with van der Waals surface area (Å²) in [6, 6.07) is 10.8. The molecule has 10 heteroatoms. The van der Waals surface area contributed by atoms with Crippen molar-refractivity contribution in [2.45, 2.75) is 6.04 Å². The number of carbonyl (C=O) groups excluding carboxylic acids is 2. The quantitative estimate of drug-likeness (QED) is 0.460. The number of hydrogen-bond donors (Lipinski definition) is 4. The van der Waals surface area contributed by atoms with Crippen LogP contribution in [-0.2, 0) is 0 Å². The number of H-pyrrole nitrogens is 1. The Morgan fingerprint density at radius 1 is 1.10 bits per heavy atom. The van der Waals surface area contributed by atoms with Gasteiger partial charge in [-0.3, -0.25) is 14.7 Å². The normalized spacial score (nSPS) is 11.7. The van der Waals surface area contributed by atoms with E-state index >= 15 is 0 Å². The minimum atomic E-state index is -1.22. The molecule has 2 amide bonds. The average molecular weight is 421 g/mol. The van der Waals surface area contributed by atoms with E-state index in [1.807, 2.05) is 6.07 Å². The molecule has 0 spiro atoms. The molecule has 0 unspecified atom stereocenters. The molecule has 1 heterocycles. The number of aliphatic hydroxyl groups excluding tert-OH is 1. The number of carbonyl (C=O) groups is 2. The molecule has 0 saturated carbocycles. The summed E-state index contributed by atoms with van der Waals surface area (Å²) in [7, 11) is 0. The van der Waals surface area contributed by atoms with Crippen LogP contribution in [0.4, 0.5) is 14.6 Å². The topological polar surface area (TPSA) is 107 Å². The lowest BCUT2D eigenvalue weighted by Crippen LogP contribution is -2.31. The zero-order valence-corrected chi connectivity index (χ0v) is 15.5. The summed E-state index contributed by atoms with van der Waals surface area (Å²) in [5, 5.41) is 20.5. The molecule has 0 aliphatic heterocycles. The molecule has 4 N–H and O–H groups in total. The minimum absolute atomic E-state index is 0.0428. The number of benzene rings is 2. The molecule has 0 aliphatic carbocycles. The van der Waals surface area contributed by atoms with Crippen LogP contribution < -0.4 is 10.6 Å². The number of halogens is 3. The Bertz CT molecular complexity index is 1040. The van der Waals surface area contributed by atoms with Crippen LogP contribution in [0.15, 0.2) is 48.5 Å². The fourth-order valence-electron chi connectivity index (χ4n) is 2.54. The van der Waals surface area contributed by atoms with Crippen LogP contribution in [0.3, 0.4) is 0 Å². The molecular formula is C19H15ClF2N4O3. The van der Waals surface area contributed by atoms with Gasteiger partial charge in [-0.1, -0.05) is 41.9 Å². The number of hydrogen-bond acceptors (Lipinski definition) is 4. The third-order valence-corrected chi connectivity index (χ3v) is 4.32. The zero-order valence-electron chi connectivity index (χ0n) is 14.7. The van der Waals surface area contributed by atoms with Gasteiger partial charge in [-0.05, 0) is 17.7 Å². The monoisotopic (exact) mass is 420 g/mol. The highest BCUT2D eigenvalue weighted by Crippen LogP contribution is 2.21. The summed E-state index contributed by atoms with van der Waals surface area (Å²) >= 11 is 5.77. The van der Waals surface area contributed by atoms with Gasteiger partial charge in [-0.15, -0.1) is 0 Å². The van der Waals surface area contributed by atoms with E-state index in [9.17, 15) is 23.5 Å². The molecule has 0 bridgehead atoms. The fraction of sp³-hybridized carbons (Fsp3) is 0.105. The van der Waals surface area contributed by atoms with Gasteiger partial charge in [0.15, 0.2) is 17.3 Å². The maximum atomic E-state index is 13.4. The second-order valence-electron chi connectivity index (χ2n) is 5.99. The Kier molecular flexibility index (Phi) is 6.20. The van der Waals surface area contributed by atoms with E-state index in [4.69, 9.17) is 11.6 Å². The Hall–Kier alpha value is -3.30. The van der Waals surface area contributed by atoms with Crippen molar-refractivity contribution < 1.29 is 23.5 Å². The largest absolute Gasteiger partial charge is 0.394 e. The molecule has 150 valence electrons. The Balaban J connectivity index is 1.69. The van der Waals surface area contributed by atoms with E-state index in [1.165, 1.54) is 6.07 Å². The van der Waals surface area contributed by atoms with Gasteiger partial charge in [-0.2, -0.15) is 5.10 Å². The average Bonchev–Trinajstić information content (AvgIpc) is 3.18. The number of anilines is 1. The van der Waals surface area contributed by atoms with E-state index in [2.05, 4.69) is 20.8 Å². The summed E-state index contributed by atoms with van der Waals surface area (Å²) in [6.07, 6.45) is 0. The van der Waals surface area contributed by atoms with Crippen molar-refractivity contribution in [3.05, 3.63) is 82.0 Å². The van der Waals surface area contributed by atoms with Crippen molar-refractivity contribution in [3.8, 4) is 0 Å². The van der Waals surface area contributed by atoms with Gasteiger partial charge in [0.05, 0.1) is 23.2 Å². The molecule has 29 heavy (non-hydrogen) atoms. The van der Waals surface area contributed by atoms with Gasteiger partial charge >= 0.3 is 0 Å². The highest BCUT2D eigenvalue weighted by Gasteiger charge is 2.19. The lowest BCUT2D eigenvalue weighted by molar-refractivity contribution is 0.0910. The molecule has 1 atom stereocenters. The lowest BCUT2D eigenvalue weighted by Gasteiger charge is -2.15. The van der Waals surface area contributed by atoms with Crippen LogP contribution in [0.5, 0.6) is 0 Å². The van der Waals surface area contributed by atoms with Crippen LogP contribution in [0.1, 0.15) is 32.5 Å². The standard InChI is InChI=1S/C19H15ClF2N4O3/c20-12-7-14(22)13(21)6-11(12)18(28)24-17-8-15(25-26-17)19(29)23-16(9-27)10-4-2-1-3-5-10/h1-8,16,27H,9H2,(H,23,29)(H2,24,25,26,28)/t16-/m1/s1. The Morgan fingerprint density at radius 2 is 1.79 bits per heavy atom.